The first-order valence-electron chi connectivity index (χ1n) is 8.87. The van der Waals surface area contributed by atoms with Crippen LogP contribution in [-0.4, -0.2) is 69.8 Å². The van der Waals surface area contributed by atoms with Crippen molar-refractivity contribution in [3.8, 4) is 0 Å². The molecule has 0 spiro atoms. The number of hydrogen-bond donors (Lipinski definition) is 1. The van der Waals surface area contributed by atoms with Crippen molar-refractivity contribution in [2.75, 3.05) is 26.4 Å². The number of carbonyl (C=O) groups is 1. The van der Waals surface area contributed by atoms with Crippen molar-refractivity contribution in [1.82, 2.24) is 13.9 Å². The van der Waals surface area contributed by atoms with Gasteiger partial charge in [0.15, 0.2) is 0 Å². The Morgan fingerprint density at radius 3 is 2.50 bits per heavy atom. The summed E-state index contributed by atoms with van der Waals surface area (Å²) < 4.78 is 51.4. The van der Waals surface area contributed by atoms with Crippen LogP contribution in [0.2, 0.25) is 5.02 Å². The highest BCUT2D eigenvalue weighted by molar-refractivity contribution is 7.89. The Labute approximate surface area is 171 Å². The van der Waals surface area contributed by atoms with Gasteiger partial charge in [0.05, 0.1) is 21.7 Å². The van der Waals surface area contributed by atoms with E-state index >= 15 is 0 Å². The molecule has 0 aliphatic carbocycles. The van der Waals surface area contributed by atoms with Crippen molar-refractivity contribution in [3.05, 3.63) is 28.8 Å². The maximum Gasteiger partial charge on any atom is 0.253 e. The van der Waals surface area contributed by atoms with Gasteiger partial charge in [0.1, 0.15) is 0 Å². The van der Waals surface area contributed by atoms with Crippen LogP contribution < -0.4 is 5.32 Å². The van der Waals surface area contributed by atoms with Gasteiger partial charge in [0.25, 0.3) is 5.91 Å². The van der Waals surface area contributed by atoms with Crippen LogP contribution in [0.4, 0.5) is 0 Å². The Morgan fingerprint density at radius 2 is 1.93 bits per heavy atom. The van der Waals surface area contributed by atoms with E-state index in [1.54, 1.807) is 13.8 Å². The summed E-state index contributed by atoms with van der Waals surface area (Å²) >= 11 is 6.13. The first-order valence-corrected chi connectivity index (χ1v) is 12.5. The van der Waals surface area contributed by atoms with Gasteiger partial charge >= 0.3 is 0 Å². The Kier molecular flexibility index (Phi) is 7.14. The van der Waals surface area contributed by atoms with E-state index in [1.165, 1.54) is 33.9 Å². The molecule has 1 unspecified atom stereocenters. The molecule has 11 heteroatoms. The second kappa shape index (κ2) is 8.66. The number of nitrogens with zero attached hydrogens (tertiary/aromatic N) is 2. The van der Waals surface area contributed by atoms with Crippen molar-refractivity contribution < 1.29 is 21.6 Å². The number of benzene rings is 1. The molecule has 0 saturated carbocycles. The monoisotopic (exact) mass is 451 g/mol. The quantitative estimate of drug-likeness (QED) is 0.706. The van der Waals surface area contributed by atoms with Gasteiger partial charge in [0.2, 0.25) is 20.0 Å². The lowest BCUT2D eigenvalue weighted by Crippen LogP contribution is -2.49. The topological polar surface area (TPSA) is 104 Å². The molecule has 1 aromatic rings. The third-order valence-electron chi connectivity index (χ3n) is 4.78. The Morgan fingerprint density at radius 1 is 1.29 bits per heavy atom. The average Bonchev–Trinajstić information content (AvgIpc) is 2.60. The zero-order valence-electron chi connectivity index (χ0n) is 16.3. The van der Waals surface area contributed by atoms with E-state index < -0.39 is 26.0 Å². The highest BCUT2D eigenvalue weighted by Gasteiger charge is 2.29. The van der Waals surface area contributed by atoms with Crippen molar-refractivity contribution >= 4 is 37.6 Å². The zero-order valence-corrected chi connectivity index (χ0v) is 18.7. The van der Waals surface area contributed by atoms with Gasteiger partial charge in [-0.05, 0) is 44.9 Å². The summed E-state index contributed by atoms with van der Waals surface area (Å²) in [6, 6.07) is 3.37. The second-order valence-corrected chi connectivity index (χ2v) is 11.6. The van der Waals surface area contributed by atoms with Crippen molar-refractivity contribution in [2.45, 2.75) is 43.7 Å². The standard InChI is InChI=1S/C17H26ClN3O5S2/c1-12(2)20(3)28(25,26)14-7-8-16(18)15(10-14)17(22)19-13-6-5-9-21(11-13)27(4,23)24/h7-8,10,12-13H,5-6,9,11H2,1-4H3,(H,19,22). The third-order valence-corrected chi connectivity index (χ3v) is 8.40. The van der Waals surface area contributed by atoms with Crippen LogP contribution in [0.25, 0.3) is 0 Å². The van der Waals surface area contributed by atoms with E-state index in [4.69, 9.17) is 11.6 Å². The average molecular weight is 452 g/mol. The van der Waals surface area contributed by atoms with Crippen LogP contribution in [-0.2, 0) is 20.0 Å². The highest BCUT2D eigenvalue weighted by Crippen LogP contribution is 2.24. The lowest BCUT2D eigenvalue weighted by molar-refractivity contribution is 0.0921. The van der Waals surface area contributed by atoms with Crippen LogP contribution in [0, 0.1) is 0 Å². The van der Waals surface area contributed by atoms with E-state index in [2.05, 4.69) is 5.32 Å². The van der Waals surface area contributed by atoms with Crippen LogP contribution in [0.5, 0.6) is 0 Å². The number of carbonyl (C=O) groups excluding carboxylic acids is 1. The summed E-state index contributed by atoms with van der Waals surface area (Å²) in [5.41, 5.74) is 0.0383. The largest absolute Gasteiger partial charge is 0.348 e. The van der Waals surface area contributed by atoms with E-state index in [0.717, 1.165) is 6.26 Å². The Bertz CT molecular complexity index is 948. The highest BCUT2D eigenvalue weighted by atomic mass is 35.5. The van der Waals surface area contributed by atoms with Gasteiger partial charge in [0, 0.05) is 32.2 Å². The lowest BCUT2D eigenvalue weighted by atomic mass is 10.1. The number of amides is 1. The maximum absolute atomic E-state index is 12.7. The van der Waals surface area contributed by atoms with E-state index in [9.17, 15) is 21.6 Å². The molecular formula is C17H26ClN3O5S2. The summed E-state index contributed by atoms with van der Waals surface area (Å²) in [5, 5.41) is 2.90. The summed E-state index contributed by atoms with van der Waals surface area (Å²) in [7, 11) is -5.64. The first kappa shape index (κ1) is 23.1. The van der Waals surface area contributed by atoms with E-state index in [-0.39, 0.29) is 34.1 Å². The molecule has 1 saturated heterocycles. The molecule has 1 N–H and O–H groups in total. The van der Waals surface area contributed by atoms with Gasteiger partial charge in [-0.2, -0.15) is 4.31 Å². The maximum atomic E-state index is 12.7. The molecule has 158 valence electrons. The zero-order chi connectivity index (χ0) is 21.3. The fourth-order valence-corrected chi connectivity index (χ4v) is 5.42. The minimum absolute atomic E-state index is 0.0281. The van der Waals surface area contributed by atoms with Crippen LogP contribution >= 0.6 is 11.6 Å². The molecule has 1 aliphatic rings. The van der Waals surface area contributed by atoms with E-state index in [1.807, 2.05) is 0 Å². The summed E-state index contributed by atoms with van der Waals surface area (Å²) in [6.07, 6.45) is 2.39. The summed E-state index contributed by atoms with van der Waals surface area (Å²) in [5.74, 6) is -0.533. The second-order valence-electron chi connectivity index (χ2n) is 7.19. The summed E-state index contributed by atoms with van der Waals surface area (Å²) in [4.78, 5) is 12.7. The number of nitrogens with one attached hydrogen (secondary N) is 1. The molecular weight excluding hydrogens is 426 g/mol. The smallest absolute Gasteiger partial charge is 0.253 e. The van der Waals surface area contributed by atoms with Crippen molar-refractivity contribution in [2.24, 2.45) is 0 Å². The molecule has 0 bridgehead atoms. The normalized spacial score (nSPS) is 19.2. The predicted molar refractivity (Wildman–Crippen MR) is 108 cm³/mol. The predicted octanol–water partition coefficient (Wildman–Crippen LogP) is 1.52. The Balaban J connectivity index is 2.24. The molecule has 1 amide bonds. The third kappa shape index (κ3) is 5.24. The SMILES string of the molecule is CC(C)N(C)S(=O)(=O)c1ccc(Cl)c(C(=O)NC2CCCN(S(C)(=O)=O)C2)c1. The van der Waals surface area contributed by atoms with Gasteiger partial charge in [-0.25, -0.2) is 21.1 Å². The number of sulfonamides is 2. The molecule has 1 aromatic carbocycles. The number of hydrogen-bond acceptors (Lipinski definition) is 5. The van der Waals surface area contributed by atoms with Crippen LogP contribution in [0.1, 0.15) is 37.0 Å². The fourth-order valence-electron chi connectivity index (χ4n) is 2.91. The molecule has 2 rings (SSSR count). The minimum Gasteiger partial charge on any atom is -0.348 e. The van der Waals surface area contributed by atoms with Crippen LogP contribution in [0.3, 0.4) is 0 Å². The molecule has 8 nitrogen and oxygen atoms in total. The van der Waals surface area contributed by atoms with E-state index in [0.29, 0.717) is 19.4 Å². The van der Waals surface area contributed by atoms with Crippen molar-refractivity contribution in [1.29, 1.82) is 0 Å². The van der Waals surface area contributed by atoms with Gasteiger partial charge < -0.3 is 5.32 Å². The summed E-state index contributed by atoms with van der Waals surface area (Å²) in [6.45, 7) is 4.09. The van der Waals surface area contributed by atoms with Gasteiger partial charge in [-0.3, -0.25) is 4.79 Å². The van der Waals surface area contributed by atoms with Gasteiger partial charge in [-0.1, -0.05) is 11.6 Å². The fraction of sp³-hybridized carbons (Fsp3) is 0.588. The number of piperidine rings is 1. The molecule has 0 aromatic heterocycles. The molecule has 28 heavy (non-hydrogen) atoms. The molecule has 1 fully saturated rings. The first-order chi connectivity index (χ1) is 12.8. The van der Waals surface area contributed by atoms with Crippen LogP contribution in [0.15, 0.2) is 23.1 Å². The lowest BCUT2D eigenvalue weighted by Gasteiger charge is -2.31. The number of rotatable bonds is 6. The molecule has 1 aliphatic heterocycles. The molecule has 0 radical (unpaired) electrons. The Hall–Kier alpha value is -1.20. The number of halogens is 1. The minimum atomic E-state index is -3.77. The molecule has 1 heterocycles. The van der Waals surface area contributed by atoms with Crippen molar-refractivity contribution in [3.63, 3.8) is 0 Å². The molecule has 1 atom stereocenters. The van der Waals surface area contributed by atoms with Gasteiger partial charge in [-0.15, -0.1) is 0 Å².